The van der Waals surface area contributed by atoms with Gasteiger partial charge in [0.1, 0.15) is 12.4 Å². The Labute approximate surface area is 114 Å². The summed E-state index contributed by atoms with van der Waals surface area (Å²) >= 11 is 0. The van der Waals surface area contributed by atoms with Gasteiger partial charge in [-0.25, -0.2) is 0 Å². The molecule has 0 radical (unpaired) electrons. The maximum absolute atomic E-state index is 11.7. The quantitative estimate of drug-likeness (QED) is 0.663. The summed E-state index contributed by atoms with van der Waals surface area (Å²) in [5.41, 5.74) is 5.81. The lowest BCUT2D eigenvalue weighted by Gasteiger charge is -2.11. The fraction of sp³-hybridized carbons (Fsp3) is 0.500. The second kappa shape index (κ2) is 7.32. The molecule has 0 unspecified atom stereocenters. The number of rotatable bonds is 8. The van der Waals surface area contributed by atoms with Gasteiger partial charge < -0.3 is 10.5 Å². The summed E-state index contributed by atoms with van der Waals surface area (Å²) in [6.45, 7) is 5.14. The zero-order valence-electron chi connectivity index (χ0n) is 11.2. The second-order valence-electron chi connectivity index (χ2n) is 4.51. The highest BCUT2D eigenvalue weighted by atomic mass is 32.2. The molecule has 0 amide bonds. The summed E-state index contributed by atoms with van der Waals surface area (Å²) in [6, 6.07) is 6.66. The van der Waals surface area contributed by atoms with Crippen LogP contribution in [-0.4, -0.2) is 28.1 Å². The third-order valence-corrected chi connectivity index (χ3v) is 3.23. The van der Waals surface area contributed by atoms with Gasteiger partial charge in [0.25, 0.3) is 10.2 Å². The Bertz CT molecular complexity index is 471. The van der Waals surface area contributed by atoms with Crippen molar-refractivity contribution in [1.29, 1.82) is 0 Å². The van der Waals surface area contributed by atoms with Crippen LogP contribution in [0.2, 0.25) is 0 Å². The lowest BCUT2D eigenvalue weighted by molar-refractivity contribution is 0.328. The van der Waals surface area contributed by atoms with E-state index in [4.69, 9.17) is 10.5 Å². The Balaban J connectivity index is 2.57. The number of ether oxygens (including phenoxy) is 1. The molecule has 0 heterocycles. The largest absolute Gasteiger partial charge is 0.492 e. The first kappa shape index (κ1) is 15.7. The van der Waals surface area contributed by atoms with Crippen LogP contribution in [0.4, 0.5) is 5.69 Å². The first-order chi connectivity index (χ1) is 8.93. The van der Waals surface area contributed by atoms with Crippen molar-refractivity contribution in [3.8, 4) is 5.75 Å². The number of nitrogens with one attached hydrogen (secondary N) is 2. The zero-order valence-corrected chi connectivity index (χ0v) is 12.0. The maximum Gasteiger partial charge on any atom is 0.299 e. The van der Waals surface area contributed by atoms with Crippen LogP contribution >= 0.6 is 0 Å². The Kier molecular flexibility index (Phi) is 6.07. The maximum atomic E-state index is 11.7. The van der Waals surface area contributed by atoms with Crippen LogP contribution in [0.3, 0.4) is 0 Å². The standard InChI is InChI=1S/C12H21N3O3S/c1-10(2)9-14-19(16,17)15-11-3-5-12(6-4-11)18-8-7-13/h3-6,10,14-15H,7-9,13H2,1-2H3. The first-order valence-corrected chi connectivity index (χ1v) is 7.61. The molecule has 0 saturated carbocycles. The SMILES string of the molecule is CC(C)CNS(=O)(=O)Nc1ccc(OCCN)cc1. The molecule has 1 rings (SSSR count). The van der Waals surface area contributed by atoms with Crippen molar-refractivity contribution >= 4 is 15.9 Å². The van der Waals surface area contributed by atoms with Crippen LogP contribution < -0.4 is 19.9 Å². The third-order valence-electron chi connectivity index (χ3n) is 2.17. The molecular weight excluding hydrogens is 266 g/mol. The number of anilines is 1. The molecule has 0 aliphatic carbocycles. The third kappa shape index (κ3) is 6.42. The average molecular weight is 287 g/mol. The van der Waals surface area contributed by atoms with Gasteiger partial charge in [-0.2, -0.15) is 13.1 Å². The van der Waals surface area contributed by atoms with Gasteiger partial charge in [-0.3, -0.25) is 4.72 Å². The van der Waals surface area contributed by atoms with Gasteiger partial charge in [0.2, 0.25) is 0 Å². The predicted octanol–water partition coefficient (Wildman–Crippen LogP) is 0.926. The molecule has 0 aliphatic heterocycles. The highest BCUT2D eigenvalue weighted by molar-refractivity contribution is 7.90. The van der Waals surface area contributed by atoms with Crippen LogP contribution in [0.15, 0.2) is 24.3 Å². The van der Waals surface area contributed by atoms with Gasteiger partial charge in [0.05, 0.1) is 0 Å². The number of hydrogen-bond donors (Lipinski definition) is 3. The van der Waals surface area contributed by atoms with Gasteiger partial charge >= 0.3 is 0 Å². The second-order valence-corrected chi connectivity index (χ2v) is 6.01. The summed E-state index contributed by atoms with van der Waals surface area (Å²) < 4.78 is 33.6. The van der Waals surface area contributed by atoms with Crippen LogP contribution in [0, 0.1) is 5.92 Å². The van der Waals surface area contributed by atoms with E-state index in [1.54, 1.807) is 24.3 Å². The smallest absolute Gasteiger partial charge is 0.299 e. The lowest BCUT2D eigenvalue weighted by Crippen LogP contribution is -2.32. The molecule has 0 bridgehead atoms. The molecule has 0 aliphatic rings. The zero-order chi connectivity index (χ0) is 14.3. The van der Waals surface area contributed by atoms with Crippen molar-refractivity contribution in [2.24, 2.45) is 11.7 Å². The average Bonchev–Trinajstić information content (AvgIpc) is 2.35. The van der Waals surface area contributed by atoms with Crippen molar-refractivity contribution in [3.05, 3.63) is 24.3 Å². The van der Waals surface area contributed by atoms with E-state index in [0.717, 1.165) is 0 Å². The van der Waals surface area contributed by atoms with E-state index < -0.39 is 10.2 Å². The van der Waals surface area contributed by atoms with Crippen molar-refractivity contribution in [3.63, 3.8) is 0 Å². The monoisotopic (exact) mass is 287 g/mol. The topological polar surface area (TPSA) is 93.5 Å². The molecule has 1 aromatic carbocycles. The molecule has 0 fully saturated rings. The van der Waals surface area contributed by atoms with E-state index in [-0.39, 0.29) is 5.92 Å². The van der Waals surface area contributed by atoms with Crippen molar-refractivity contribution in [1.82, 2.24) is 4.72 Å². The Morgan fingerprint density at radius 1 is 1.26 bits per heavy atom. The van der Waals surface area contributed by atoms with Gasteiger partial charge in [-0.05, 0) is 30.2 Å². The minimum Gasteiger partial charge on any atom is -0.492 e. The van der Waals surface area contributed by atoms with E-state index in [2.05, 4.69) is 9.44 Å². The molecule has 6 nitrogen and oxygen atoms in total. The molecule has 1 aromatic rings. The summed E-state index contributed by atoms with van der Waals surface area (Å²) in [6.07, 6.45) is 0. The Morgan fingerprint density at radius 3 is 2.42 bits per heavy atom. The molecule has 0 aromatic heterocycles. The van der Waals surface area contributed by atoms with Crippen LogP contribution in [-0.2, 0) is 10.2 Å². The van der Waals surface area contributed by atoms with E-state index in [1.807, 2.05) is 13.8 Å². The van der Waals surface area contributed by atoms with Gasteiger partial charge in [-0.1, -0.05) is 13.8 Å². The van der Waals surface area contributed by atoms with E-state index in [1.165, 1.54) is 0 Å². The highest BCUT2D eigenvalue weighted by Gasteiger charge is 2.09. The summed E-state index contributed by atoms with van der Waals surface area (Å²) in [4.78, 5) is 0. The van der Waals surface area contributed by atoms with Gasteiger partial charge in [-0.15, -0.1) is 0 Å². The number of hydrogen-bond acceptors (Lipinski definition) is 4. The fourth-order valence-corrected chi connectivity index (χ4v) is 2.33. The number of benzene rings is 1. The van der Waals surface area contributed by atoms with E-state index >= 15 is 0 Å². The molecule has 0 saturated heterocycles. The molecule has 0 atom stereocenters. The minimum atomic E-state index is -3.52. The Morgan fingerprint density at radius 2 is 1.89 bits per heavy atom. The molecule has 108 valence electrons. The molecule has 7 heteroatoms. The van der Waals surface area contributed by atoms with Crippen molar-refractivity contribution < 1.29 is 13.2 Å². The summed E-state index contributed by atoms with van der Waals surface area (Å²) in [5, 5.41) is 0. The first-order valence-electron chi connectivity index (χ1n) is 6.13. The van der Waals surface area contributed by atoms with Crippen LogP contribution in [0.1, 0.15) is 13.8 Å². The predicted molar refractivity (Wildman–Crippen MR) is 76.4 cm³/mol. The molecule has 19 heavy (non-hydrogen) atoms. The van der Waals surface area contributed by atoms with Gasteiger partial charge in [0, 0.05) is 18.8 Å². The highest BCUT2D eigenvalue weighted by Crippen LogP contribution is 2.16. The fourth-order valence-electron chi connectivity index (χ4n) is 1.26. The van der Waals surface area contributed by atoms with E-state index in [0.29, 0.717) is 31.1 Å². The normalized spacial score (nSPS) is 11.6. The van der Waals surface area contributed by atoms with Crippen molar-refractivity contribution in [2.45, 2.75) is 13.8 Å². The minimum absolute atomic E-state index is 0.253. The molecule has 4 N–H and O–H groups in total. The summed E-state index contributed by atoms with van der Waals surface area (Å²) in [5.74, 6) is 0.909. The van der Waals surface area contributed by atoms with Gasteiger partial charge in [0.15, 0.2) is 0 Å². The van der Waals surface area contributed by atoms with E-state index in [9.17, 15) is 8.42 Å². The van der Waals surface area contributed by atoms with Crippen molar-refractivity contribution in [2.75, 3.05) is 24.4 Å². The molecular formula is C12H21N3O3S. The summed E-state index contributed by atoms with van der Waals surface area (Å²) in [7, 11) is -3.52. The van der Waals surface area contributed by atoms with Crippen LogP contribution in [0.25, 0.3) is 0 Å². The van der Waals surface area contributed by atoms with Crippen LogP contribution in [0.5, 0.6) is 5.75 Å². The number of nitrogens with two attached hydrogens (primary N) is 1. The lowest BCUT2D eigenvalue weighted by atomic mass is 10.2. The Hall–Kier alpha value is -1.31. The molecule has 0 spiro atoms.